The first-order chi connectivity index (χ1) is 14.2. The minimum atomic E-state index is -3.67. The lowest BCUT2D eigenvalue weighted by molar-refractivity contribution is -0.116. The van der Waals surface area contributed by atoms with E-state index in [9.17, 15) is 18.0 Å². The molecular formula is C20H30N4O4S2. The number of benzene rings is 1. The Hall–Kier alpha value is -2.17. The SMILES string of the molecule is CCN(CC)c1ccc(S(=O)(=O)N(CC)CC)cc1NC(=O)Cn1c(C)csc1=O. The number of rotatable bonds is 10. The topological polar surface area (TPSA) is 91.7 Å². The number of anilines is 2. The van der Waals surface area contributed by atoms with Crippen molar-refractivity contribution in [1.29, 1.82) is 0 Å². The zero-order valence-corrected chi connectivity index (χ0v) is 19.8. The van der Waals surface area contributed by atoms with Crippen molar-refractivity contribution in [2.75, 3.05) is 36.4 Å². The van der Waals surface area contributed by atoms with E-state index in [0.717, 1.165) is 17.0 Å². The van der Waals surface area contributed by atoms with Gasteiger partial charge in [0.2, 0.25) is 15.9 Å². The van der Waals surface area contributed by atoms with E-state index in [1.165, 1.54) is 14.9 Å². The lowest BCUT2D eigenvalue weighted by Gasteiger charge is -2.26. The Morgan fingerprint density at radius 1 is 1.10 bits per heavy atom. The Balaban J connectivity index is 2.45. The molecule has 0 aliphatic carbocycles. The molecule has 2 rings (SSSR count). The quantitative estimate of drug-likeness (QED) is 0.596. The van der Waals surface area contributed by atoms with Crippen molar-refractivity contribution < 1.29 is 13.2 Å². The van der Waals surface area contributed by atoms with E-state index < -0.39 is 10.0 Å². The Morgan fingerprint density at radius 3 is 2.23 bits per heavy atom. The number of nitrogens with one attached hydrogen (secondary N) is 1. The summed E-state index contributed by atoms with van der Waals surface area (Å²) >= 11 is 1.04. The summed E-state index contributed by atoms with van der Waals surface area (Å²) in [5, 5.41) is 4.52. The maximum atomic E-state index is 13.0. The van der Waals surface area contributed by atoms with Crippen LogP contribution in [-0.2, 0) is 21.4 Å². The number of aryl methyl sites for hydroxylation is 1. The van der Waals surface area contributed by atoms with Gasteiger partial charge in [0.05, 0.1) is 16.3 Å². The number of hydrogen-bond donors (Lipinski definition) is 1. The molecule has 8 nitrogen and oxygen atoms in total. The number of nitrogens with zero attached hydrogens (tertiary/aromatic N) is 3. The van der Waals surface area contributed by atoms with Gasteiger partial charge in [-0.1, -0.05) is 25.2 Å². The first kappa shape index (κ1) is 24.1. The summed E-state index contributed by atoms with van der Waals surface area (Å²) in [7, 11) is -3.67. The number of amides is 1. The van der Waals surface area contributed by atoms with Crippen molar-refractivity contribution in [2.45, 2.75) is 46.1 Å². The monoisotopic (exact) mass is 454 g/mol. The molecule has 0 saturated heterocycles. The molecule has 0 spiro atoms. The minimum Gasteiger partial charge on any atom is -0.370 e. The van der Waals surface area contributed by atoms with Crippen LogP contribution >= 0.6 is 11.3 Å². The molecule has 0 unspecified atom stereocenters. The molecule has 1 aromatic heterocycles. The fourth-order valence-corrected chi connectivity index (χ4v) is 5.48. The lowest BCUT2D eigenvalue weighted by Crippen LogP contribution is -2.31. The van der Waals surface area contributed by atoms with Gasteiger partial charge in [-0.05, 0) is 39.0 Å². The Kier molecular flexibility index (Phi) is 8.22. The van der Waals surface area contributed by atoms with Crippen LogP contribution in [0.1, 0.15) is 33.4 Å². The third-order valence-corrected chi connectivity index (χ3v) is 7.89. The molecule has 30 heavy (non-hydrogen) atoms. The van der Waals surface area contributed by atoms with E-state index in [0.29, 0.717) is 37.6 Å². The van der Waals surface area contributed by atoms with Crippen LogP contribution in [0.25, 0.3) is 0 Å². The molecule has 0 saturated carbocycles. The molecule has 1 N–H and O–H groups in total. The average molecular weight is 455 g/mol. The number of thiazole rings is 1. The highest BCUT2D eigenvalue weighted by Crippen LogP contribution is 2.30. The highest BCUT2D eigenvalue weighted by Gasteiger charge is 2.24. The van der Waals surface area contributed by atoms with Gasteiger partial charge in [0.1, 0.15) is 6.54 Å². The molecular weight excluding hydrogens is 424 g/mol. The van der Waals surface area contributed by atoms with E-state index in [2.05, 4.69) is 5.32 Å². The summed E-state index contributed by atoms with van der Waals surface area (Å²) in [4.78, 5) is 26.6. The largest absolute Gasteiger partial charge is 0.370 e. The van der Waals surface area contributed by atoms with Gasteiger partial charge in [-0.25, -0.2) is 8.42 Å². The molecule has 1 heterocycles. The van der Waals surface area contributed by atoms with E-state index >= 15 is 0 Å². The van der Waals surface area contributed by atoms with E-state index in [-0.39, 0.29) is 22.2 Å². The first-order valence-electron chi connectivity index (χ1n) is 10.0. The van der Waals surface area contributed by atoms with E-state index in [1.807, 2.05) is 18.7 Å². The average Bonchev–Trinajstić information content (AvgIpc) is 3.02. The van der Waals surface area contributed by atoms with Gasteiger partial charge in [0.25, 0.3) is 0 Å². The molecule has 0 aliphatic rings. The first-order valence-corrected chi connectivity index (χ1v) is 12.3. The normalized spacial score (nSPS) is 11.7. The van der Waals surface area contributed by atoms with Crippen LogP contribution in [0.4, 0.5) is 11.4 Å². The van der Waals surface area contributed by atoms with Crippen LogP contribution in [0.2, 0.25) is 0 Å². The number of sulfonamides is 1. The van der Waals surface area contributed by atoms with Crippen molar-refractivity contribution in [1.82, 2.24) is 8.87 Å². The summed E-state index contributed by atoms with van der Waals surface area (Å²) in [6.45, 7) is 11.3. The van der Waals surface area contributed by atoms with Crippen LogP contribution in [0.15, 0.2) is 33.3 Å². The van der Waals surface area contributed by atoms with Crippen LogP contribution in [0.5, 0.6) is 0 Å². The summed E-state index contributed by atoms with van der Waals surface area (Å²) in [5.41, 5.74) is 1.86. The second-order valence-corrected chi connectivity index (χ2v) is 9.48. The lowest BCUT2D eigenvalue weighted by atomic mass is 10.2. The molecule has 0 atom stereocenters. The van der Waals surface area contributed by atoms with Crippen LogP contribution in [-0.4, -0.2) is 49.4 Å². The smallest absolute Gasteiger partial charge is 0.307 e. The van der Waals surface area contributed by atoms with Crippen molar-refractivity contribution in [3.8, 4) is 0 Å². The van der Waals surface area contributed by atoms with Gasteiger partial charge in [-0.15, -0.1) is 0 Å². The summed E-state index contributed by atoms with van der Waals surface area (Å²) in [6, 6.07) is 4.80. The van der Waals surface area contributed by atoms with Gasteiger partial charge >= 0.3 is 4.87 Å². The maximum absolute atomic E-state index is 13.0. The molecule has 0 radical (unpaired) electrons. The van der Waals surface area contributed by atoms with Crippen LogP contribution in [0.3, 0.4) is 0 Å². The Bertz CT molecular complexity index is 1040. The number of carbonyl (C=O) groups excluding carboxylic acids is 1. The van der Waals surface area contributed by atoms with Gasteiger partial charge in [0.15, 0.2) is 0 Å². The third kappa shape index (κ3) is 5.11. The van der Waals surface area contributed by atoms with Crippen molar-refractivity contribution in [2.24, 2.45) is 0 Å². The number of hydrogen-bond acceptors (Lipinski definition) is 6. The summed E-state index contributed by atoms with van der Waals surface area (Å²) < 4.78 is 28.7. The summed E-state index contributed by atoms with van der Waals surface area (Å²) in [6.07, 6.45) is 0. The summed E-state index contributed by atoms with van der Waals surface area (Å²) in [5.74, 6) is -0.385. The van der Waals surface area contributed by atoms with Crippen LogP contribution < -0.4 is 15.1 Å². The van der Waals surface area contributed by atoms with Gasteiger partial charge in [-0.2, -0.15) is 4.31 Å². The van der Waals surface area contributed by atoms with Crippen molar-refractivity contribution >= 4 is 38.6 Å². The highest BCUT2D eigenvalue weighted by molar-refractivity contribution is 7.89. The fraction of sp³-hybridized carbons (Fsp3) is 0.500. The number of aromatic nitrogens is 1. The molecule has 1 aromatic carbocycles. The predicted octanol–water partition coefficient (Wildman–Crippen LogP) is 2.73. The second kappa shape index (κ2) is 10.2. The number of carbonyl (C=O) groups is 1. The zero-order valence-electron chi connectivity index (χ0n) is 18.1. The third-order valence-electron chi connectivity index (χ3n) is 4.97. The van der Waals surface area contributed by atoms with Gasteiger partial charge < -0.3 is 10.2 Å². The van der Waals surface area contributed by atoms with E-state index in [1.54, 1.807) is 38.3 Å². The molecule has 166 valence electrons. The highest BCUT2D eigenvalue weighted by atomic mass is 32.2. The predicted molar refractivity (Wildman–Crippen MR) is 122 cm³/mol. The Morgan fingerprint density at radius 2 is 1.73 bits per heavy atom. The molecule has 0 fully saturated rings. The fourth-order valence-electron chi connectivity index (χ4n) is 3.26. The molecule has 2 aromatic rings. The van der Waals surface area contributed by atoms with Crippen LogP contribution in [0, 0.1) is 6.92 Å². The minimum absolute atomic E-state index is 0.126. The molecule has 1 amide bonds. The van der Waals surface area contributed by atoms with Crippen molar-refractivity contribution in [3.63, 3.8) is 0 Å². The van der Waals surface area contributed by atoms with Gasteiger partial charge in [0, 0.05) is 37.3 Å². The van der Waals surface area contributed by atoms with Gasteiger partial charge in [-0.3, -0.25) is 14.2 Å². The molecule has 10 heteroatoms. The maximum Gasteiger partial charge on any atom is 0.307 e. The van der Waals surface area contributed by atoms with E-state index in [4.69, 9.17) is 0 Å². The Labute approximate surface area is 182 Å². The second-order valence-electron chi connectivity index (χ2n) is 6.72. The molecule has 0 aliphatic heterocycles. The standard InChI is InChI=1S/C20H30N4O4S2/c1-6-22(7-2)18-11-10-16(30(27,28)23(8-3)9-4)12-17(18)21-19(25)13-24-15(5)14-29-20(24)26/h10-12,14H,6-9,13H2,1-5H3,(H,21,25). The van der Waals surface area contributed by atoms with Crippen molar-refractivity contribution in [3.05, 3.63) is 38.9 Å². The molecule has 0 bridgehead atoms. The zero-order chi connectivity index (χ0) is 22.5.